The van der Waals surface area contributed by atoms with Gasteiger partial charge in [0.25, 0.3) is 5.91 Å². The average molecular weight is 409 g/mol. The van der Waals surface area contributed by atoms with Crippen LogP contribution in [0.4, 0.5) is 23.0 Å². The molecule has 2 heterocycles. The van der Waals surface area contributed by atoms with Crippen LogP contribution in [-0.2, 0) is 0 Å². The molecule has 3 rings (SSSR count). The molecule has 10 nitrogen and oxygen atoms in total. The van der Waals surface area contributed by atoms with Crippen molar-refractivity contribution in [2.75, 3.05) is 23.1 Å². The third-order valence-corrected chi connectivity index (χ3v) is 4.97. The normalized spacial score (nSPS) is 18.7. The number of hydrogen-bond acceptors (Lipinski definition) is 9. The van der Waals surface area contributed by atoms with E-state index in [9.17, 15) is 4.79 Å². The lowest BCUT2D eigenvalue weighted by Crippen LogP contribution is -2.44. The lowest BCUT2D eigenvalue weighted by atomic mass is 9.90. The Labute approximate surface area is 175 Å². The predicted molar refractivity (Wildman–Crippen MR) is 120 cm³/mol. The molecule has 0 saturated heterocycles. The minimum absolute atomic E-state index is 0.268. The van der Waals surface area contributed by atoms with Crippen molar-refractivity contribution in [2.45, 2.75) is 37.8 Å². The Morgan fingerprint density at radius 1 is 1.23 bits per heavy atom. The van der Waals surface area contributed by atoms with Gasteiger partial charge in [0.15, 0.2) is 0 Å². The first-order chi connectivity index (χ1) is 14.6. The van der Waals surface area contributed by atoms with E-state index < -0.39 is 5.91 Å². The third kappa shape index (κ3) is 5.51. The highest BCUT2D eigenvalue weighted by Gasteiger charge is 2.24. The fraction of sp³-hybridized carbons (Fsp3) is 0.350. The molecule has 1 amide bonds. The van der Waals surface area contributed by atoms with Gasteiger partial charge in [-0.15, -0.1) is 0 Å². The number of likely N-dealkylation sites (N-methyl/N-ethyl adjacent to an activating group) is 1. The molecule has 2 aromatic heterocycles. The second kappa shape index (κ2) is 10.3. The van der Waals surface area contributed by atoms with E-state index in [1.165, 1.54) is 19.1 Å². The maximum Gasteiger partial charge on any atom is 0.252 e. The van der Waals surface area contributed by atoms with Crippen molar-refractivity contribution in [1.29, 1.82) is 5.41 Å². The van der Waals surface area contributed by atoms with Crippen LogP contribution in [0, 0.1) is 5.41 Å². The summed E-state index contributed by atoms with van der Waals surface area (Å²) in [5, 5.41) is 20.8. The minimum atomic E-state index is -0.569. The average Bonchev–Trinajstić information content (AvgIpc) is 2.74. The molecule has 1 aliphatic rings. The number of hydrazone groups is 1. The van der Waals surface area contributed by atoms with Crippen molar-refractivity contribution in [3.63, 3.8) is 0 Å². The Hall–Kier alpha value is -3.53. The molecule has 1 unspecified atom stereocenters. The van der Waals surface area contributed by atoms with E-state index in [1.807, 2.05) is 7.05 Å². The molecule has 1 fully saturated rings. The number of nitrogens with two attached hydrogens (primary N) is 1. The summed E-state index contributed by atoms with van der Waals surface area (Å²) in [4.78, 5) is 20.6. The molecule has 1 aliphatic carbocycles. The molecule has 158 valence electrons. The maximum absolute atomic E-state index is 11.9. The zero-order chi connectivity index (χ0) is 21.3. The van der Waals surface area contributed by atoms with Gasteiger partial charge in [-0.3, -0.25) is 15.2 Å². The summed E-state index contributed by atoms with van der Waals surface area (Å²) in [6.07, 6.45) is 10.1. The van der Waals surface area contributed by atoms with Crippen LogP contribution in [-0.4, -0.2) is 47.4 Å². The van der Waals surface area contributed by atoms with Crippen LogP contribution in [0.1, 0.15) is 36.0 Å². The van der Waals surface area contributed by atoms with E-state index >= 15 is 0 Å². The molecule has 0 aliphatic heterocycles. The number of pyridine rings is 2. The molecule has 0 spiro atoms. The quantitative estimate of drug-likeness (QED) is 0.274. The predicted octanol–water partition coefficient (Wildman–Crippen LogP) is 2.31. The fourth-order valence-electron chi connectivity index (χ4n) is 3.53. The highest BCUT2D eigenvalue weighted by Crippen LogP contribution is 2.25. The van der Waals surface area contributed by atoms with Crippen molar-refractivity contribution in [1.82, 2.24) is 15.3 Å². The Morgan fingerprint density at radius 2 is 2.00 bits per heavy atom. The number of nitrogens with one attached hydrogen (secondary N) is 5. The molecule has 0 bridgehead atoms. The van der Waals surface area contributed by atoms with Crippen LogP contribution in [0.2, 0.25) is 0 Å². The van der Waals surface area contributed by atoms with Crippen LogP contribution in [0.5, 0.6) is 0 Å². The summed E-state index contributed by atoms with van der Waals surface area (Å²) in [5.74, 6) is 0.457. The van der Waals surface area contributed by atoms with Crippen molar-refractivity contribution in [2.24, 2.45) is 10.8 Å². The van der Waals surface area contributed by atoms with E-state index in [1.54, 1.807) is 30.6 Å². The summed E-state index contributed by atoms with van der Waals surface area (Å²) < 4.78 is 0. The maximum atomic E-state index is 11.9. The SMILES string of the molecule is CNC1CCCC[C@H]1Nc1ccc(C(N)=O)c(Nc2cncc(N/N=C\C=N)c2)n1. The van der Waals surface area contributed by atoms with Gasteiger partial charge in [0.05, 0.1) is 35.5 Å². The fourth-order valence-corrected chi connectivity index (χ4v) is 3.53. The molecule has 1 saturated carbocycles. The second-order valence-electron chi connectivity index (χ2n) is 7.03. The van der Waals surface area contributed by atoms with Gasteiger partial charge in [-0.1, -0.05) is 12.8 Å². The van der Waals surface area contributed by atoms with Gasteiger partial charge in [0, 0.05) is 18.3 Å². The second-order valence-corrected chi connectivity index (χ2v) is 7.03. The molecule has 10 heteroatoms. The molecule has 2 atom stereocenters. The van der Waals surface area contributed by atoms with Crippen molar-refractivity contribution < 1.29 is 4.79 Å². The molecule has 0 aromatic carbocycles. The standard InChI is InChI=1S/C20H27N9O/c1-23-16-4-2-3-5-17(16)27-18-7-6-15(19(22)30)20(28-18)26-13-10-14(12-24-11-13)29-25-9-8-21/h6-12,16-17,21,23,29H,2-5H2,1H3,(H2,22,30)(H2,26,27,28)/b21-8?,25-9-/t16?,17-/m1/s1. The summed E-state index contributed by atoms with van der Waals surface area (Å²) in [6.45, 7) is 0. The number of carbonyl (C=O) groups excluding carboxylic acids is 1. The van der Waals surface area contributed by atoms with E-state index in [0.29, 0.717) is 29.1 Å². The zero-order valence-electron chi connectivity index (χ0n) is 16.9. The minimum Gasteiger partial charge on any atom is -0.366 e. The number of nitrogens with zero attached hydrogens (tertiary/aromatic N) is 3. The number of aromatic nitrogens is 2. The van der Waals surface area contributed by atoms with Crippen LogP contribution < -0.4 is 27.1 Å². The summed E-state index contributed by atoms with van der Waals surface area (Å²) >= 11 is 0. The Kier molecular flexibility index (Phi) is 7.28. The number of anilines is 4. The zero-order valence-corrected chi connectivity index (χ0v) is 16.9. The number of rotatable bonds is 9. The molecule has 7 N–H and O–H groups in total. The Bertz CT molecular complexity index is 915. The highest BCUT2D eigenvalue weighted by molar-refractivity contribution is 6.14. The molecule has 2 aromatic rings. The lowest BCUT2D eigenvalue weighted by Gasteiger charge is -2.32. The highest BCUT2D eigenvalue weighted by atomic mass is 16.1. The summed E-state index contributed by atoms with van der Waals surface area (Å²) in [6, 6.07) is 5.85. The van der Waals surface area contributed by atoms with E-state index in [0.717, 1.165) is 19.1 Å². The third-order valence-electron chi connectivity index (χ3n) is 4.97. The number of amides is 1. The lowest BCUT2D eigenvalue weighted by molar-refractivity contribution is 0.100. The van der Waals surface area contributed by atoms with Gasteiger partial charge in [-0.05, 0) is 38.1 Å². The number of hydrogen-bond donors (Lipinski definition) is 6. The van der Waals surface area contributed by atoms with Gasteiger partial charge in [-0.25, -0.2) is 4.98 Å². The smallest absolute Gasteiger partial charge is 0.252 e. The van der Waals surface area contributed by atoms with Gasteiger partial charge in [0.2, 0.25) is 0 Å². The first-order valence-corrected chi connectivity index (χ1v) is 9.85. The van der Waals surface area contributed by atoms with Gasteiger partial charge in [0.1, 0.15) is 11.6 Å². The van der Waals surface area contributed by atoms with E-state index in [4.69, 9.17) is 11.1 Å². The topological polar surface area (TPSA) is 153 Å². The van der Waals surface area contributed by atoms with Crippen molar-refractivity contribution in [3.05, 3.63) is 36.2 Å². The number of carbonyl (C=O) groups is 1. The van der Waals surface area contributed by atoms with Gasteiger partial charge >= 0.3 is 0 Å². The monoisotopic (exact) mass is 409 g/mol. The van der Waals surface area contributed by atoms with Gasteiger partial charge in [-0.2, -0.15) is 5.10 Å². The van der Waals surface area contributed by atoms with Crippen LogP contribution in [0.15, 0.2) is 35.7 Å². The molecular weight excluding hydrogens is 382 g/mol. The molecule has 0 radical (unpaired) electrons. The first-order valence-electron chi connectivity index (χ1n) is 9.85. The molecular formula is C20H27N9O. The molecule has 30 heavy (non-hydrogen) atoms. The van der Waals surface area contributed by atoms with Crippen LogP contribution in [0.3, 0.4) is 0 Å². The Morgan fingerprint density at radius 3 is 2.73 bits per heavy atom. The van der Waals surface area contributed by atoms with Crippen molar-refractivity contribution >= 4 is 41.3 Å². The number of primary amides is 1. The van der Waals surface area contributed by atoms with Crippen LogP contribution >= 0.6 is 0 Å². The van der Waals surface area contributed by atoms with Gasteiger partial charge < -0.3 is 27.1 Å². The summed E-state index contributed by atoms with van der Waals surface area (Å²) in [7, 11) is 1.97. The van der Waals surface area contributed by atoms with Crippen LogP contribution in [0.25, 0.3) is 0 Å². The van der Waals surface area contributed by atoms with E-state index in [2.05, 4.69) is 36.4 Å². The first kappa shape index (κ1) is 21.2. The van der Waals surface area contributed by atoms with E-state index in [-0.39, 0.29) is 11.6 Å². The van der Waals surface area contributed by atoms with Crippen molar-refractivity contribution in [3.8, 4) is 0 Å². The Balaban J connectivity index is 1.81. The summed E-state index contributed by atoms with van der Waals surface area (Å²) in [5.41, 5.74) is 9.83. The largest absolute Gasteiger partial charge is 0.366 e.